The molecule has 2 N–H and O–H groups in total. The second-order valence-electron chi connectivity index (χ2n) is 5.43. The minimum absolute atomic E-state index is 0.885. The summed E-state index contributed by atoms with van der Waals surface area (Å²) in [6.45, 7) is 5.33. The second kappa shape index (κ2) is 7.36. The molecule has 0 spiro atoms. The summed E-state index contributed by atoms with van der Waals surface area (Å²) in [5, 5.41) is 0. The van der Waals surface area contributed by atoms with Crippen LogP contribution in [0.2, 0.25) is 0 Å². The van der Waals surface area contributed by atoms with Gasteiger partial charge >= 0.3 is 0 Å². The predicted molar refractivity (Wildman–Crippen MR) is 77.4 cm³/mol. The number of nitrogens with one attached hydrogen (secondary N) is 2. The van der Waals surface area contributed by atoms with Crippen LogP contribution < -0.4 is 19.3 Å². The SMILES string of the molecule is COc1ccc(C[NH+](C)CC[NH+](C)C)c(OC)c1C. The van der Waals surface area contributed by atoms with Crippen molar-refractivity contribution < 1.29 is 19.3 Å². The largest absolute Gasteiger partial charge is 0.496 e. The topological polar surface area (TPSA) is 27.3 Å². The summed E-state index contributed by atoms with van der Waals surface area (Å²) in [6.07, 6.45) is 0. The Hall–Kier alpha value is -1.26. The maximum absolute atomic E-state index is 5.55. The molecule has 1 atom stereocenters. The third kappa shape index (κ3) is 4.40. The number of likely N-dealkylation sites (N-methyl/N-ethyl adjacent to an activating group) is 2. The lowest BCUT2D eigenvalue weighted by Gasteiger charge is -2.18. The number of hydrogen-bond donors (Lipinski definition) is 2. The highest BCUT2D eigenvalue weighted by Crippen LogP contribution is 2.30. The molecule has 1 unspecified atom stereocenters. The van der Waals surface area contributed by atoms with E-state index in [0.717, 1.165) is 30.2 Å². The molecule has 0 bridgehead atoms. The van der Waals surface area contributed by atoms with Crippen molar-refractivity contribution in [2.24, 2.45) is 0 Å². The van der Waals surface area contributed by atoms with Crippen molar-refractivity contribution >= 4 is 0 Å². The van der Waals surface area contributed by atoms with Gasteiger partial charge in [-0.15, -0.1) is 0 Å². The van der Waals surface area contributed by atoms with Crippen LogP contribution in [0, 0.1) is 6.92 Å². The number of ether oxygens (including phenoxy) is 2. The van der Waals surface area contributed by atoms with Crippen LogP contribution in [0.1, 0.15) is 11.1 Å². The van der Waals surface area contributed by atoms with E-state index < -0.39 is 0 Å². The van der Waals surface area contributed by atoms with Crippen LogP contribution in [-0.2, 0) is 6.54 Å². The van der Waals surface area contributed by atoms with Crippen molar-refractivity contribution in [3.8, 4) is 11.5 Å². The van der Waals surface area contributed by atoms with E-state index >= 15 is 0 Å². The number of benzene rings is 1. The molecule has 19 heavy (non-hydrogen) atoms. The van der Waals surface area contributed by atoms with E-state index in [2.05, 4.69) is 27.2 Å². The number of rotatable bonds is 7. The van der Waals surface area contributed by atoms with Gasteiger partial charge in [0.2, 0.25) is 0 Å². The van der Waals surface area contributed by atoms with Gasteiger partial charge in [0.1, 0.15) is 31.1 Å². The molecule has 1 aromatic carbocycles. The van der Waals surface area contributed by atoms with E-state index in [-0.39, 0.29) is 0 Å². The highest BCUT2D eigenvalue weighted by atomic mass is 16.5. The highest BCUT2D eigenvalue weighted by molar-refractivity contribution is 5.48. The van der Waals surface area contributed by atoms with Gasteiger partial charge in [-0.3, -0.25) is 0 Å². The average Bonchev–Trinajstić information content (AvgIpc) is 2.37. The van der Waals surface area contributed by atoms with E-state index in [4.69, 9.17) is 9.47 Å². The van der Waals surface area contributed by atoms with Gasteiger partial charge in [0.05, 0.1) is 35.4 Å². The quantitative estimate of drug-likeness (QED) is 0.676. The molecular formula is C15H28N2O2+2. The van der Waals surface area contributed by atoms with E-state index in [1.807, 2.05) is 13.0 Å². The summed E-state index contributed by atoms with van der Waals surface area (Å²) < 4.78 is 10.9. The van der Waals surface area contributed by atoms with Crippen LogP contribution in [0.25, 0.3) is 0 Å². The van der Waals surface area contributed by atoms with Crippen molar-refractivity contribution in [3.05, 3.63) is 23.3 Å². The zero-order chi connectivity index (χ0) is 14.4. The summed E-state index contributed by atoms with van der Waals surface area (Å²) in [4.78, 5) is 2.97. The van der Waals surface area contributed by atoms with Crippen molar-refractivity contribution in [1.82, 2.24) is 0 Å². The Morgan fingerprint density at radius 2 is 1.68 bits per heavy atom. The Morgan fingerprint density at radius 3 is 2.21 bits per heavy atom. The van der Waals surface area contributed by atoms with E-state index in [9.17, 15) is 0 Å². The van der Waals surface area contributed by atoms with Crippen LogP contribution in [-0.4, -0.2) is 48.5 Å². The Bertz CT molecular complexity index is 405. The van der Waals surface area contributed by atoms with E-state index in [0.29, 0.717) is 0 Å². The van der Waals surface area contributed by atoms with Crippen LogP contribution in [0.4, 0.5) is 0 Å². The first-order valence-electron chi connectivity index (χ1n) is 6.80. The molecule has 4 nitrogen and oxygen atoms in total. The van der Waals surface area contributed by atoms with Gasteiger partial charge in [-0.2, -0.15) is 0 Å². The maximum Gasteiger partial charge on any atom is 0.134 e. The van der Waals surface area contributed by atoms with Crippen molar-refractivity contribution in [1.29, 1.82) is 0 Å². The van der Waals surface area contributed by atoms with Crippen molar-refractivity contribution in [2.75, 3.05) is 48.5 Å². The minimum atomic E-state index is 0.885. The third-order valence-electron chi connectivity index (χ3n) is 3.41. The molecule has 0 fully saturated rings. The van der Waals surface area contributed by atoms with E-state index in [1.165, 1.54) is 21.9 Å². The molecule has 0 aliphatic carbocycles. The van der Waals surface area contributed by atoms with Gasteiger partial charge < -0.3 is 19.3 Å². The van der Waals surface area contributed by atoms with Gasteiger partial charge in [0.25, 0.3) is 0 Å². The highest BCUT2D eigenvalue weighted by Gasteiger charge is 2.15. The summed E-state index contributed by atoms with van der Waals surface area (Å²) >= 11 is 0. The Balaban J connectivity index is 2.80. The second-order valence-corrected chi connectivity index (χ2v) is 5.43. The van der Waals surface area contributed by atoms with Gasteiger partial charge in [-0.1, -0.05) is 0 Å². The molecular weight excluding hydrogens is 240 g/mol. The Labute approximate surface area is 116 Å². The smallest absolute Gasteiger partial charge is 0.134 e. The molecule has 1 aromatic rings. The fourth-order valence-electron chi connectivity index (χ4n) is 2.25. The standard InChI is InChI=1S/C15H26N2O2/c1-12-14(18-5)8-7-13(15(12)19-6)11-17(4)10-9-16(2)3/h7-8H,9-11H2,1-6H3/p+2. The third-order valence-corrected chi connectivity index (χ3v) is 3.41. The first-order chi connectivity index (χ1) is 8.99. The molecule has 0 heterocycles. The molecule has 108 valence electrons. The average molecular weight is 268 g/mol. The first kappa shape index (κ1) is 15.8. The molecule has 0 aliphatic heterocycles. The van der Waals surface area contributed by atoms with Gasteiger partial charge in [-0.05, 0) is 19.1 Å². The number of methoxy groups -OCH3 is 2. The van der Waals surface area contributed by atoms with E-state index in [1.54, 1.807) is 14.2 Å². The lowest BCUT2D eigenvalue weighted by atomic mass is 10.1. The predicted octanol–water partition coefficient (Wildman–Crippen LogP) is -0.829. The molecule has 0 saturated heterocycles. The first-order valence-corrected chi connectivity index (χ1v) is 6.80. The lowest BCUT2D eigenvalue weighted by molar-refractivity contribution is -0.937. The molecule has 0 amide bonds. The number of quaternary nitrogens is 2. The van der Waals surface area contributed by atoms with Gasteiger partial charge in [0.15, 0.2) is 0 Å². The van der Waals surface area contributed by atoms with Crippen molar-refractivity contribution in [3.63, 3.8) is 0 Å². The number of hydrogen-bond acceptors (Lipinski definition) is 2. The van der Waals surface area contributed by atoms with Gasteiger partial charge in [0, 0.05) is 11.1 Å². The summed E-state index contributed by atoms with van der Waals surface area (Å²) in [5.41, 5.74) is 2.32. The summed E-state index contributed by atoms with van der Waals surface area (Å²) in [6, 6.07) is 4.13. The molecule has 0 radical (unpaired) electrons. The van der Waals surface area contributed by atoms with Gasteiger partial charge in [-0.25, -0.2) is 0 Å². The van der Waals surface area contributed by atoms with Crippen molar-refractivity contribution in [2.45, 2.75) is 13.5 Å². The monoisotopic (exact) mass is 268 g/mol. The van der Waals surface area contributed by atoms with Crippen LogP contribution in [0.5, 0.6) is 11.5 Å². The molecule has 1 rings (SSSR count). The molecule has 0 aliphatic rings. The summed E-state index contributed by atoms with van der Waals surface area (Å²) in [7, 11) is 10.0. The minimum Gasteiger partial charge on any atom is -0.496 e. The van der Waals surface area contributed by atoms with Crippen LogP contribution >= 0.6 is 0 Å². The van der Waals surface area contributed by atoms with Crippen LogP contribution in [0.3, 0.4) is 0 Å². The summed E-state index contributed by atoms with van der Waals surface area (Å²) in [5.74, 6) is 1.84. The van der Waals surface area contributed by atoms with Crippen LogP contribution in [0.15, 0.2) is 12.1 Å². The zero-order valence-electron chi connectivity index (χ0n) is 13.1. The molecule has 4 heteroatoms. The molecule has 0 saturated carbocycles. The fraction of sp³-hybridized carbons (Fsp3) is 0.600. The molecule has 0 aromatic heterocycles. The normalized spacial score (nSPS) is 12.6. The Morgan fingerprint density at radius 1 is 1.00 bits per heavy atom. The Kier molecular flexibility index (Phi) is 6.12. The lowest BCUT2D eigenvalue weighted by Crippen LogP contribution is -3.15. The maximum atomic E-state index is 5.55. The zero-order valence-corrected chi connectivity index (χ0v) is 13.1. The fourth-order valence-corrected chi connectivity index (χ4v) is 2.25.